The predicted octanol–water partition coefficient (Wildman–Crippen LogP) is 1.42. The summed E-state index contributed by atoms with van der Waals surface area (Å²) in [7, 11) is 0. The molecule has 0 aliphatic carbocycles. The largest absolute Gasteiger partial charge is 0.360 e. The number of hydrogen-bond acceptors (Lipinski definition) is 3. The summed E-state index contributed by atoms with van der Waals surface area (Å²) < 4.78 is 0. The Bertz CT molecular complexity index is 254. The Balaban J connectivity index is 2.54. The third-order valence-electron chi connectivity index (χ3n) is 1.46. The highest BCUT2D eigenvalue weighted by Crippen LogP contribution is 2.04. The third-order valence-corrected chi connectivity index (χ3v) is 1.46. The van der Waals surface area contributed by atoms with Crippen LogP contribution in [0.4, 0.5) is 5.69 Å². The molecule has 0 amide bonds. The molecule has 0 heterocycles. The molecule has 0 spiro atoms. The summed E-state index contributed by atoms with van der Waals surface area (Å²) in [5, 5.41) is 3.09. The number of para-hydroxylation sites is 1. The predicted molar refractivity (Wildman–Crippen MR) is 51.1 cm³/mol. The maximum absolute atomic E-state index is 5.18. The van der Waals surface area contributed by atoms with Crippen molar-refractivity contribution >= 4 is 5.69 Å². The van der Waals surface area contributed by atoms with Gasteiger partial charge in [-0.05, 0) is 19.1 Å². The van der Waals surface area contributed by atoms with E-state index in [0.29, 0.717) is 0 Å². The van der Waals surface area contributed by atoms with Crippen molar-refractivity contribution in [3.05, 3.63) is 42.2 Å². The van der Waals surface area contributed by atoms with Crippen LogP contribution in [0.15, 0.2) is 42.2 Å². The van der Waals surface area contributed by atoms with Crippen LogP contribution in [0.5, 0.6) is 0 Å². The summed E-state index contributed by atoms with van der Waals surface area (Å²) in [5.74, 6) is 5.18. The number of nitrogens with one attached hydrogen (secondary N) is 2. The molecular formula is C9H13N3. The number of benzene rings is 1. The SMILES string of the molecule is C/C(=C/Nc1ccccc1)NN. The van der Waals surface area contributed by atoms with Gasteiger partial charge in [-0.15, -0.1) is 0 Å². The second-order valence-electron chi connectivity index (χ2n) is 2.48. The average Bonchev–Trinajstić information content (AvgIpc) is 2.16. The first-order chi connectivity index (χ1) is 5.83. The Labute approximate surface area is 72.2 Å². The summed E-state index contributed by atoms with van der Waals surface area (Å²) in [5.41, 5.74) is 4.47. The first kappa shape index (κ1) is 8.62. The molecule has 0 unspecified atom stereocenters. The lowest BCUT2D eigenvalue weighted by molar-refractivity contribution is 0.883. The van der Waals surface area contributed by atoms with Crippen LogP contribution < -0.4 is 16.6 Å². The Morgan fingerprint density at radius 1 is 1.33 bits per heavy atom. The molecule has 1 aromatic rings. The Hall–Kier alpha value is -1.48. The number of hydrogen-bond donors (Lipinski definition) is 3. The first-order valence-electron chi connectivity index (χ1n) is 3.78. The lowest BCUT2D eigenvalue weighted by Crippen LogP contribution is -2.19. The molecule has 4 N–H and O–H groups in total. The molecule has 0 fully saturated rings. The molecule has 64 valence electrons. The molecule has 12 heavy (non-hydrogen) atoms. The van der Waals surface area contributed by atoms with Crippen LogP contribution in [0, 0.1) is 0 Å². The van der Waals surface area contributed by atoms with Gasteiger partial charge in [-0.2, -0.15) is 0 Å². The van der Waals surface area contributed by atoms with E-state index >= 15 is 0 Å². The molecular weight excluding hydrogens is 150 g/mol. The second-order valence-corrected chi connectivity index (χ2v) is 2.48. The van der Waals surface area contributed by atoms with E-state index in [-0.39, 0.29) is 0 Å². The van der Waals surface area contributed by atoms with Crippen LogP contribution >= 0.6 is 0 Å². The third kappa shape index (κ3) is 2.64. The molecule has 0 bridgehead atoms. The zero-order chi connectivity index (χ0) is 8.81. The van der Waals surface area contributed by atoms with Crippen LogP contribution in [-0.2, 0) is 0 Å². The maximum atomic E-state index is 5.18. The minimum atomic E-state index is 0.888. The molecule has 0 aromatic heterocycles. The molecule has 0 saturated carbocycles. The van der Waals surface area contributed by atoms with Crippen molar-refractivity contribution in [1.29, 1.82) is 0 Å². The quantitative estimate of drug-likeness (QED) is 0.466. The van der Waals surface area contributed by atoms with Crippen molar-refractivity contribution < 1.29 is 0 Å². The number of rotatable bonds is 3. The molecule has 0 radical (unpaired) electrons. The van der Waals surface area contributed by atoms with E-state index < -0.39 is 0 Å². The Morgan fingerprint density at radius 3 is 2.58 bits per heavy atom. The van der Waals surface area contributed by atoms with Gasteiger partial charge in [0, 0.05) is 17.6 Å². The fraction of sp³-hybridized carbons (Fsp3) is 0.111. The monoisotopic (exact) mass is 163 g/mol. The summed E-state index contributed by atoms with van der Waals surface area (Å²) >= 11 is 0. The fourth-order valence-corrected chi connectivity index (χ4v) is 0.768. The zero-order valence-electron chi connectivity index (χ0n) is 7.04. The van der Waals surface area contributed by atoms with Gasteiger partial charge in [-0.1, -0.05) is 18.2 Å². The highest BCUT2D eigenvalue weighted by molar-refractivity contribution is 5.45. The zero-order valence-corrected chi connectivity index (χ0v) is 7.04. The molecule has 1 aromatic carbocycles. The number of anilines is 1. The van der Waals surface area contributed by atoms with Crippen LogP contribution in [0.1, 0.15) is 6.92 Å². The molecule has 0 atom stereocenters. The first-order valence-corrected chi connectivity index (χ1v) is 3.78. The van der Waals surface area contributed by atoms with Crippen molar-refractivity contribution in [2.45, 2.75) is 6.92 Å². The van der Waals surface area contributed by atoms with Crippen LogP contribution in [-0.4, -0.2) is 0 Å². The van der Waals surface area contributed by atoms with E-state index in [9.17, 15) is 0 Å². The molecule has 0 saturated heterocycles. The van der Waals surface area contributed by atoms with Gasteiger partial charge in [0.15, 0.2) is 0 Å². The van der Waals surface area contributed by atoms with E-state index in [4.69, 9.17) is 5.84 Å². The number of nitrogens with two attached hydrogens (primary N) is 1. The minimum Gasteiger partial charge on any atom is -0.360 e. The van der Waals surface area contributed by atoms with Crippen molar-refractivity contribution in [2.24, 2.45) is 5.84 Å². The van der Waals surface area contributed by atoms with Gasteiger partial charge >= 0.3 is 0 Å². The van der Waals surface area contributed by atoms with Crippen LogP contribution in [0.2, 0.25) is 0 Å². The molecule has 1 rings (SSSR count). The van der Waals surface area contributed by atoms with Gasteiger partial charge in [-0.25, -0.2) is 0 Å². The van der Waals surface area contributed by atoms with Crippen LogP contribution in [0.3, 0.4) is 0 Å². The number of allylic oxidation sites excluding steroid dienone is 1. The van der Waals surface area contributed by atoms with Gasteiger partial charge in [-0.3, -0.25) is 5.84 Å². The number of hydrazine groups is 1. The van der Waals surface area contributed by atoms with E-state index in [1.54, 1.807) is 0 Å². The summed E-state index contributed by atoms with van der Waals surface area (Å²) in [4.78, 5) is 0. The van der Waals surface area contributed by atoms with Crippen LogP contribution in [0.25, 0.3) is 0 Å². The fourth-order valence-electron chi connectivity index (χ4n) is 0.768. The summed E-state index contributed by atoms with van der Waals surface area (Å²) in [6, 6.07) is 9.90. The Morgan fingerprint density at radius 2 is 2.00 bits per heavy atom. The molecule has 3 heteroatoms. The van der Waals surface area contributed by atoms with Gasteiger partial charge in [0.1, 0.15) is 0 Å². The van der Waals surface area contributed by atoms with Gasteiger partial charge in [0.25, 0.3) is 0 Å². The normalized spacial score (nSPS) is 11.0. The Kier molecular flexibility index (Phi) is 3.17. The van der Waals surface area contributed by atoms with Gasteiger partial charge < -0.3 is 10.7 Å². The van der Waals surface area contributed by atoms with E-state index in [1.807, 2.05) is 43.5 Å². The summed E-state index contributed by atoms with van der Waals surface area (Å²) in [6.07, 6.45) is 1.81. The highest BCUT2D eigenvalue weighted by atomic mass is 15.2. The average molecular weight is 163 g/mol. The van der Waals surface area contributed by atoms with Crippen molar-refractivity contribution in [2.75, 3.05) is 5.32 Å². The van der Waals surface area contributed by atoms with E-state index in [2.05, 4.69) is 10.7 Å². The molecule has 0 aliphatic heterocycles. The smallest absolute Gasteiger partial charge is 0.0388 e. The topological polar surface area (TPSA) is 50.1 Å². The summed E-state index contributed by atoms with van der Waals surface area (Å²) in [6.45, 7) is 1.88. The molecule has 0 aliphatic rings. The van der Waals surface area contributed by atoms with Gasteiger partial charge in [0.05, 0.1) is 0 Å². The minimum absolute atomic E-state index is 0.888. The van der Waals surface area contributed by atoms with Crippen molar-refractivity contribution in [3.63, 3.8) is 0 Å². The van der Waals surface area contributed by atoms with Crippen molar-refractivity contribution in [3.8, 4) is 0 Å². The lowest BCUT2D eigenvalue weighted by Gasteiger charge is -2.02. The highest BCUT2D eigenvalue weighted by Gasteiger charge is 1.85. The van der Waals surface area contributed by atoms with Gasteiger partial charge in [0.2, 0.25) is 0 Å². The standard InChI is InChI=1S/C9H13N3/c1-8(12-10)7-11-9-5-3-2-4-6-9/h2-7,11-12H,10H2,1H3/b8-7-. The maximum Gasteiger partial charge on any atom is 0.0388 e. The lowest BCUT2D eigenvalue weighted by atomic mass is 10.3. The molecule has 3 nitrogen and oxygen atoms in total. The van der Waals surface area contributed by atoms with E-state index in [0.717, 1.165) is 11.4 Å². The second kappa shape index (κ2) is 4.41. The van der Waals surface area contributed by atoms with E-state index in [1.165, 1.54) is 0 Å². The van der Waals surface area contributed by atoms with Crippen molar-refractivity contribution in [1.82, 2.24) is 5.43 Å².